The predicted molar refractivity (Wildman–Crippen MR) is 57.8 cm³/mol. The number of hydrogen-bond donors (Lipinski definition) is 0. The van der Waals surface area contributed by atoms with Crippen LogP contribution in [-0.2, 0) is 0 Å². The van der Waals surface area contributed by atoms with E-state index in [1.54, 1.807) is 0 Å². The van der Waals surface area contributed by atoms with Crippen LogP contribution in [0.5, 0.6) is 0 Å². The van der Waals surface area contributed by atoms with Crippen LogP contribution >= 0.6 is 11.6 Å². The van der Waals surface area contributed by atoms with Crippen molar-refractivity contribution in [3.05, 3.63) is 53.1 Å². The Morgan fingerprint density at radius 3 is 2.46 bits per heavy atom. The van der Waals surface area contributed by atoms with Crippen LogP contribution in [0.1, 0.15) is 18.4 Å². The van der Waals surface area contributed by atoms with Crippen LogP contribution in [0.15, 0.2) is 42.5 Å². The number of benzene rings is 1. The molecule has 0 nitrogen and oxygen atoms in total. The molecule has 1 heteroatoms. The fourth-order valence-electron chi connectivity index (χ4n) is 1.51. The van der Waals surface area contributed by atoms with Crippen LogP contribution in [-0.4, -0.2) is 0 Å². The molecule has 1 aromatic rings. The van der Waals surface area contributed by atoms with E-state index in [2.05, 4.69) is 30.4 Å². The second kappa shape index (κ2) is 3.80. The molecule has 0 fully saturated rings. The molecule has 0 heterocycles. The minimum absolute atomic E-state index is 0.802. The van der Waals surface area contributed by atoms with Gasteiger partial charge in [-0.25, -0.2) is 0 Å². The van der Waals surface area contributed by atoms with Crippen LogP contribution in [0.2, 0.25) is 5.02 Å². The van der Waals surface area contributed by atoms with E-state index in [4.69, 9.17) is 11.6 Å². The van der Waals surface area contributed by atoms with E-state index in [1.807, 2.05) is 12.1 Å². The van der Waals surface area contributed by atoms with Crippen molar-refractivity contribution in [1.82, 2.24) is 0 Å². The second-order valence-electron chi connectivity index (χ2n) is 3.17. The van der Waals surface area contributed by atoms with E-state index < -0.39 is 0 Å². The van der Waals surface area contributed by atoms with Crippen LogP contribution < -0.4 is 0 Å². The van der Waals surface area contributed by atoms with Gasteiger partial charge in [-0.3, -0.25) is 0 Å². The van der Waals surface area contributed by atoms with Crippen LogP contribution in [0.25, 0.3) is 5.57 Å². The Balaban J connectivity index is 2.30. The topological polar surface area (TPSA) is 0 Å². The lowest BCUT2D eigenvalue weighted by Crippen LogP contribution is -1.86. The molecule has 0 spiro atoms. The van der Waals surface area contributed by atoms with Crippen molar-refractivity contribution in [1.29, 1.82) is 0 Å². The Hall–Kier alpha value is -1.01. The van der Waals surface area contributed by atoms with E-state index in [1.165, 1.54) is 11.1 Å². The fourth-order valence-corrected chi connectivity index (χ4v) is 1.63. The van der Waals surface area contributed by atoms with Gasteiger partial charge in [0.25, 0.3) is 0 Å². The summed E-state index contributed by atoms with van der Waals surface area (Å²) in [5.74, 6) is 0. The molecule has 0 unspecified atom stereocenters. The summed E-state index contributed by atoms with van der Waals surface area (Å²) in [7, 11) is 0. The third-order valence-electron chi connectivity index (χ3n) is 2.23. The number of rotatable bonds is 1. The van der Waals surface area contributed by atoms with Gasteiger partial charge in [-0.1, -0.05) is 42.0 Å². The number of allylic oxidation sites excluding steroid dienone is 4. The van der Waals surface area contributed by atoms with Crippen LogP contribution in [0.4, 0.5) is 0 Å². The lowest BCUT2D eigenvalue weighted by atomic mass is 9.98. The van der Waals surface area contributed by atoms with Crippen molar-refractivity contribution in [2.75, 3.05) is 0 Å². The molecule has 0 saturated heterocycles. The van der Waals surface area contributed by atoms with Crippen LogP contribution in [0, 0.1) is 0 Å². The molecule has 0 N–H and O–H groups in total. The summed E-state index contributed by atoms with van der Waals surface area (Å²) < 4.78 is 0. The van der Waals surface area contributed by atoms with Gasteiger partial charge in [0.15, 0.2) is 0 Å². The average molecular weight is 191 g/mol. The van der Waals surface area contributed by atoms with E-state index in [0.29, 0.717) is 0 Å². The van der Waals surface area contributed by atoms with E-state index in [-0.39, 0.29) is 0 Å². The van der Waals surface area contributed by atoms with Crippen LogP contribution in [0.3, 0.4) is 0 Å². The van der Waals surface area contributed by atoms with Gasteiger partial charge in [0, 0.05) is 5.02 Å². The summed E-state index contributed by atoms with van der Waals surface area (Å²) in [6, 6.07) is 8.03. The molecule has 0 aromatic heterocycles. The Kier molecular flexibility index (Phi) is 2.51. The molecule has 0 amide bonds. The van der Waals surface area contributed by atoms with Gasteiger partial charge in [0.05, 0.1) is 0 Å². The Bertz CT molecular complexity index is 344. The zero-order valence-corrected chi connectivity index (χ0v) is 8.09. The summed E-state index contributed by atoms with van der Waals surface area (Å²) in [5.41, 5.74) is 2.69. The maximum atomic E-state index is 5.82. The average Bonchev–Trinajstić information content (AvgIpc) is 2.20. The normalized spacial score (nSPS) is 15.6. The zero-order chi connectivity index (χ0) is 9.10. The molecule has 66 valence electrons. The fraction of sp³-hybridized carbons (Fsp3) is 0.167. The summed E-state index contributed by atoms with van der Waals surface area (Å²) in [6.07, 6.45) is 8.77. The van der Waals surface area contributed by atoms with Gasteiger partial charge >= 0.3 is 0 Å². The highest BCUT2D eigenvalue weighted by molar-refractivity contribution is 6.30. The lowest BCUT2D eigenvalue weighted by molar-refractivity contribution is 1.05. The summed E-state index contributed by atoms with van der Waals surface area (Å²) in [5, 5.41) is 0.802. The molecule has 0 radical (unpaired) electrons. The first-order valence-electron chi connectivity index (χ1n) is 4.48. The molecule has 0 aliphatic heterocycles. The van der Waals surface area contributed by atoms with E-state index >= 15 is 0 Å². The summed E-state index contributed by atoms with van der Waals surface area (Å²) >= 11 is 5.82. The summed E-state index contributed by atoms with van der Waals surface area (Å²) in [4.78, 5) is 0. The van der Waals surface area contributed by atoms with Crippen molar-refractivity contribution in [3.8, 4) is 0 Å². The van der Waals surface area contributed by atoms with Crippen molar-refractivity contribution in [2.45, 2.75) is 12.8 Å². The molecule has 2 rings (SSSR count). The molecule has 0 saturated carbocycles. The number of hydrogen-bond acceptors (Lipinski definition) is 0. The molecular weight excluding hydrogens is 180 g/mol. The first-order chi connectivity index (χ1) is 6.36. The van der Waals surface area contributed by atoms with Gasteiger partial charge in [-0.2, -0.15) is 0 Å². The standard InChI is InChI=1S/C12H11Cl/c13-12-8-6-11(7-9-12)10-4-2-1-3-5-10/h1-2,4,6-9H,3,5H2. The highest BCUT2D eigenvalue weighted by Gasteiger charge is 2.01. The smallest absolute Gasteiger partial charge is 0.0406 e. The second-order valence-corrected chi connectivity index (χ2v) is 3.60. The number of halogens is 1. The van der Waals surface area contributed by atoms with Crippen molar-refractivity contribution in [2.24, 2.45) is 0 Å². The molecule has 1 aliphatic carbocycles. The Morgan fingerprint density at radius 1 is 1.08 bits per heavy atom. The van der Waals surface area contributed by atoms with Crippen molar-refractivity contribution in [3.63, 3.8) is 0 Å². The predicted octanol–water partition coefficient (Wildman–Crippen LogP) is 4.07. The zero-order valence-electron chi connectivity index (χ0n) is 7.33. The molecule has 0 atom stereocenters. The molecule has 1 aromatic carbocycles. The maximum Gasteiger partial charge on any atom is 0.0406 e. The van der Waals surface area contributed by atoms with Gasteiger partial charge in [-0.15, -0.1) is 0 Å². The van der Waals surface area contributed by atoms with E-state index in [9.17, 15) is 0 Å². The third-order valence-corrected chi connectivity index (χ3v) is 2.48. The van der Waals surface area contributed by atoms with E-state index in [0.717, 1.165) is 17.9 Å². The van der Waals surface area contributed by atoms with Gasteiger partial charge < -0.3 is 0 Å². The minimum atomic E-state index is 0.802. The van der Waals surface area contributed by atoms with Gasteiger partial charge in [-0.05, 0) is 36.1 Å². The molecule has 0 bridgehead atoms. The minimum Gasteiger partial charge on any atom is -0.0843 e. The Morgan fingerprint density at radius 2 is 1.85 bits per heavy atom. The lowest BCUT2D eigenvalue weighted by Gasteiger charge is -2.08. The monoisotopic (exact) mass is 190 g/mol. The summed E-state index contributed by atoms with van der Waals surface area (Å²) in [6.45, 7) is 0. The Labute approximate surface area is 83.5 Å². The molecular formula is C12H11Cl. The van der Waals surface area contributed by atoms with Gasteiger partial charge in [0.2, 0.25) is 0 Å². The van der Waals surface area contributed by atoms with Crippen molar-refractivity contribution < 1.29 is 0 Å². The first kappa shape index (κ1) is 8.58. The SMILES string of the molecule is Clc1ccc(C2=CC=CCC2)cc1. The largest absolute Gasteiger partial charge is 0.0843 e. The van der Waals surface area contributed by atoms with Gasteiger partial charge in [0.1, 0.15) is 0 Å². The molecule has 1 aliphatic rings. The maximum absolute atomic E-state index is 5.82. The molecule has 13 heavy (non-hydrogen) atoms. The highest BCUT2D eigenvalue weighted by atomic mass is 35.5. The van der Waals surface area contributed by atoms with Crippen molar-refractivity contribution >= 4 is 17.2 Å². The first-order valence-corrected chi connectivity index (χ1v) is 4.86. The quantitative estimate of drug-likeness (QED) is 0.626. The highest BCUT2D eigenvalue weighted by Crippen LogP contribution is 2.24. The third kappa shape index (κ3) is 2.02.